The molecule has 0 bridgehead atoms. The molecule has 2 heteroatoms. The molecule has 0 aromatic heterocycles. The standard InChI is InChI=1S/C5H11NS/c1-7-5-3-2-4-6/h3,5H,2,4,6H2,1H3. The molecule has 0 unspecified atom stereocenters. The van der Waals surface area contributed by atoms with Crippen molar-refractivity contribution in [2.45, 2.75) is 6.42 Å². The summed E-state index contributed by atoms with van der Waals surface area (Å²) in [5, 5.41) is 2.05. The molecule has 2 N–H and O–H groups in total. The van der Waals surface area contributed by atoms with Gasteiger partial charge in [0.05, 0.1) is 0 Å². The molecule has 0 saturated carbocycles. The Morgan fingerprint density at radius 3 is 2.86 bits per heavy atom. The Kier molecular flexibility index (Phi) is 6.09. The second-order valence-electron chi connectivity index (χ2n) is 1.18. The molecule has 0 atom stereocenters. The van der Waals surface area contributed by atoms with Gasteiger partial charge in [-0.3, -0.25) is 0 Å². The van der Waals surface area contributed by atoms with E-state index < -0.39 is 0 Å². The van der Waals surface area contributed by atoms with Gasteiger partial charge in [-0.15, -0.1) is 11.8 Å². The minimum atomic E-state index is 0.761. The second-order valence-corrected chi connectivity index (χ2v) is 1.93. The molecule has 0 rings (SSSR count). The molecule has 0 spiro atoms. The van der Waals surface area contributed by atoms with Crippen LogP contribution in [0, 0.1) is 0 Å². The molecular weight excluding hydrogens is 106 g/mol. The van der Waals surface area contributed by atoms with Crippen LogP contribution >= 0.6 is 11.8 Å². The molecule has 0 aromatic rings. The van der Waals surface area contributed by atoms with Crippen molar-refractivity contribution >= 4 is 11.8 Å². The molecule has 0 aliphatic heterocycles. The first kappa shape index (κ1) is 7.05. The zero-order chi connectivity index (χ0) is 5.54. The van der Waals surface area contributed by atoms with Gasteiger partial charge in [0.15, 0.2) is 0 Å². The average molecular weight is 117 g/mol. The van der Waals surface area contributed by atoms with Crippen molar-refractivity contribution in [2.75, 3.05) is 12.8 Å². The van der Waals surface area contributed by atoms with Gasteiger partial charge in [-0.05, 0) is 24.6 Å². The molecule has 0 heterocycles. The van der Waals surface area contributed by atoms with Gasteiger partial charge in [-0.2, -0.15) is 0 Å². The van der Waals surface area contributed by atoms with E-state index in [0.717, 1.165) is 13.0 Å². The number of thioether (sulfide) groups is 1. The summed E-state index contributed by atoms with van der Waals surface area (Å²) >= 11 is 1.71. The highest BCUT2D eigenvalue weighted by atomic mass is 32.2. The van der Waals surface area contributed by atoms with E-state index in [0.29, 0.717) is 0 Å². The lowest BCUT2D eigenvalue weighted by Crippen LogP contribution is -1.94. The fraction of sp³-hybridized carbons (Fsp3) is 0.600. The van der Waals surface area contributed by atoms with Gasteiger partial charge in [-0.25, -0.2) is 0 Å². The van der Waals surface area contributed by atoms with Crippen LogP contribution in [0.1, 0.15) is 6.42 Å². The van der Waals surface area contributed by atoms with Crippen molar-refractivity contribution in [3.63, 3.8) is 0 Å². The summed E-state index contributed by atoms with van der Waals surface area (Å²) in [6, 6.07) is 0. The van der Waals surface area contributed by atoms with Crippen LogP contribution < -0.4 is 5.73 Å². The van der Waals surface area contributed by atoms with Crippen LogP contribution in [0.2, 0.25) is 0 Å². The fourth-order valence-corrected chi connectivity index (χ4v) is 0.589. The molecule has 42 valence electrons. The maximum Gasteiger partial charge on any atom is -0.00423 e. The molecule has 7 heavy (non-hydrogen) atoms. The quantitative estimate of drug-likeness (QED) is 0.601. The van der Waals surface area contributed by atoms with Crippen molar-refractivity contribution in [1.82, 2.24) is 0 Å². The van der Waals surface area contributed by atoms with Gasteiger partial charge in [0.1, 0.15) is 0 Å². The van der Waals surface area contributed by atoms with Crippen LogP contribution in [0.3, 0.4) is 0 Å². The maximum atomic E-state index is 5.21. The summed E-state index contributed by atoms with van der Waals surface area (Å²) in [5.41, 5.74) is 5.21. The Morgan fingerprint density at radius 2 is 2.43 bits per heavy atom. The van der Waals surface area contributed by atoms with Crippen LogP contribution in [0.4, 0.5) is 0 Å². The highest BCUT2D eigenvalue weighted by Crippen LogP contribution is 1.93. The normalized spacial score (nSPS) is 10.6. The van der Waals surface area contributed by atoms with E-state index >= 15 is 0 Å². The SMILES string of the molecule is CSC=CCCN. The molecule has 0 aromatic carbocycles. The van der Waals surface area contributed by atoms with Crippen molar-refractivity contribution < 1.29 is 0 Å². The van der Waals surface area contributed by atoms with Crippen LogP contribution in [-0.4, -0.2) is 12.8 Å². The van der Waals surface area contributed by atoms with Crippen LogP contribution in [0.25, 0.3) is 0 Å². The second kappa shape index (κ2) is 6.05. The highest BCUT2D eigenvalue weighted by Gasteiger charge is 1.68. The highest BCUT2D eigenvalue weighted by molar-refractivity contribution is 8.01. The number of hydrogen-bond donors (Lipinski definition) is 1. The first-order valence-corrected chi connectivity index (χ1v) is 3.58. The minimum Gasteiger partial charge on any atom is -0.330 e. The predicted octanol–water partition coefficient (Wildman–Crippen LogP) is 1.21. The van der Waals surface area contributed by atoms with Crippen LogP contribution in [0.5, 0.6) is 0 Å². The van der Waals surface area contributed by atoms with E-state index in [1.807, 2.05) is 11.7 Å². The van der Waals surface area contributed by atoms with Gasteiger partial charge in [-0.1, -0.05) is 6.08 Å². The largest absolute Gasteiger partial charge is 0.330 e. The number of rotatable bonds is 3. The van der Waals surface area contributed by atoms with Gasteiger partial charge >= 0.3 is 0 Å². The molecule has 0 amide bonds. The third-order valence-electron chi connectivity index (χ3n) is 0.566. The molecule has 0 fully saturated rings. The van der Waals surface area contributed by atoms with Crippen molar-refractivity contribution in [3.05, 3.63) is 11.5 Å². The molecular formula is C5H11NS. The first-order chi connectivity index (χ1) is 3.41. The molecule has 0 aliphatic rings. The van der Waals surface area contributed by atoms with Gasteiger partial charge < -0.3 is 5.73 Å². The predicted molar refractivity (Wildman–Crippen MR) is 36.3 cm³/mol. The van der Waals surface area contributed by atoms with E-state index in [9.17, 15) is 0 Å². The lowest BCUT2D eigenvalue weighted by molar-refractivity contribution is 1.01. The zero-order valence-corrected chi connectivity index (χ0v) is 5.37. The molecule has 0 radical (unpaired) electrons. The zero-order valence-electron chi connectivity index (χ0n) is 4.55. The monoisotopic (exact) mass is 117 g/mol. The van der Waals surface area contributed by atoms with Gasteiger partial charge in [0.2, 0.25) is 0 Å². The minimum absolute atomic E-state index is 0.761. The van der Waals surface area contributed by atoms with E-state index in [-0.39, 0.29) is 0 Å². The van der Waals surface area contributed by atoms with Crippen molar-refractivity contribution in [2.24, 2.45) is 5.73 Å². The summed E-state index contributed by atoms with van der Waals surface area (Å²) in [5.74, 6) is 0. The number of nitrogens with two attached hydrogens (primary N) is 1. The Bertz CT molecular complexity index is 52.0. The van der Waals surface area contributed by atoms with Crippen LogP contribution in [0.15, 0.2) is 11.5 Å². The average Bonchev–Trinajstić information content (AvgIpc) is 1.69. The lowest BCUT2D eigenvalue weighted by Gasteiger charge is -1.80. The van der Waals surface area contributed by atoms with E-state index in [1.165, 1.54) is 0 Å². The smallest absolute Gasteiger partial charge is 0.00423 e. The maximum absolute atomic E-state index is 5.21. The van der Waals surface area contributed by atoms with E-state index in [1.54, 1.807) is 11.8 Å². The lowest BCUT2D eigenvalue weighted by atomic mass is 10.4. The molecule has 0 aliphatic carbocycles. The Labute approximate surface area is 49.0 Å². The summed E-state index contributed by atoms with van der Waals surface area (Å²) in [6.45, 7) is 0.761. The number of hydrogen-bond acceptors (Lipinski definition) is 2. The third kappa shape index (κ3) is 6.05. The molecule has 1 nitrogen and oxygen atoms in total. The van der Waals surface area contributed by atoms with Crippen molar-refractivity contribution in [3.8, 4) is 0 Å². The van der Waals surface area contributed by atoms with Crippen molar-refractivity contribution in [1.29, 1.82) is 0 Å². The Morgan fingerprint density at radius 1 is 1.71 bits per heavy atom. The summed E-state index contributed by atoms with van der Waals surface area (Å²) in [6.07, 6.45) is 5.11. The van der Waals surface area contributed by atoms with Crippen LogP contribution in [-0.2, 0) is 0 Å². The Hall–Kier alpha value is 0.0500. The molecule has 0 saturated heterocycles. The first-order valence-electron chi connectivity index (χ1n) is 2.29. The van der Waals surface area contributed by atoms with Gasteiger partial charge in [0, 0.05) is 0 Å². The fourth-order valence-electron chi connectivity index (χ4n) is 0.260. The van der Waals surface area contributed by atoms with E-state index in [4.69, 9.17) is 5.73 Å². The topological polar surface area (TPSA) is 26.0 Å². The summed E-state index contributed by atoms with van der Waals surface area (Å²) < 4.78 is 0. The van der Waals surface area contributed by atoms with Gasteiger partial charge in [0.25, 0.3) is 0 Å². The Balaban J connectivity index is 2.78. The summed E-state index contributed by atoms with van der Waals surface area (Å²) in [7, 11) is 0. The van der Waals surface area contributed by atoms with E-state index in [2.05, 4.69) is 6.08 Å². The third-order valence-corrected chi connectivity index (χ3v) is 1.03. The summed E-state index contributed by atoms with van der Waals surface area (Å²) in [4.78, 5) is 0.